The molecule has 9 heteroatoms. The van der Waals surface area contributed by atoms with Crippen LogP contribution in [0.1, 0.15) is 35.1 Å². The SMILES string of the molecule is Cc1c(C(=O)Nc2cnn(-c3ccccc3F)c2)nnn1C1CCNCC1. The molecule has 0 spiro atoms. The van der Waals surface area contributed by atoms with Gasteiger partial charge in [0.1, 0.15) is 11.5 Å². The van der Waals surface area contributed by atoms with Gasteiger partial charge in [0.25, 0.3) is 5.91 Å². The van der Waals surface area contributed by atoms with E-state index in [0.717, 1.165) is 31.6 Å². The molecular weight excluding hydrogens is 349 g/mol. The first-order valence-corrected chi connectivity index (χ1v) is 8.87. The fraction of sp³-hybridized carbons (Fsp3) is 0.333. The standard InChI is InChI=1S/C18H20FN7O/c1-12-17(23-24-26(12)14-6-8-20-9-7-14)18(27)22-13-10-21-25(11-13)16-5-3-2-4-15(16)19/h2-5,10-11,14,20H,6-9H2,1H3,(H,22,27). The molecule has 1 aliphatic heterocycles. The summed E-state index contributed by atoms with van der Waals surface area (Å²) >= 11 is 0. The summed E-state index contributed by atoms with van der Waals surface area (Å²) in [7, 11) is 0. The van der Waals surface area contributed by atoms with Crippen molar-refractivity contribution in [2.45, 2.75) is 25.8 Å². The van der Waals surface area contributed by atoms with E-state index in [1.54, 1.807) is 24.4 Å². The number of piperidine rings is 1. The number of halogens is 1. The highest BCUT2D eigenvalue weighted by Gasteiger charge is 2.23. The number of hydrogen-bond donors (Lipinski definition) is 2. The van der Waals surface area contributed by atoms with E-state index in [9.17, 15) is 9.18 Å². The number of benzene rings is 1. The third-order valence-electron chi connectivity index (χ3n) is 4.74. The number of aromatic nitrogens is 5. The van der Waals surface area contributed by atoms with Gasteiger partial charge in [0, 0.05) is 0 Å². The van der Waals surface area contributed by atoms with Gasteiger partial charge >= 0.3 is 0 Å². The Labute approximate surface area is 155 Å². The number of carbonyl (C=O) groups is 1. The van der Waals surface area contributed by atoms with Crippen LogP contribution < -0.4 is 10.6 Å². The zero-order valence-electron chi connectivity index (χ0n) is 14.9. The number of carbonyl (C=O) groups excluding carboxylic acids is 1. The first-order valence-electron chi connectivity index (χ1n) is 8.87. The minimum absolute atomic E-state index is 0.254. The number of anilines is 1. The maximum Gasteiger partial charge on any atom is 0.278 e. The van der Waals surface area contributed by atoms with Crippen LogP contribution >= 0.6 is 0 Å². The Morgan fingerprint density at radius 2 is 2.07 bits per heavy atom. The van der Waals surface area contributed by atoms with Gasteiger partial charge in [0.2, 0.25) is 0 Å². The molecule has 0 aliphatic carbocycles. The van der Waals surface area contributed by atoms with Gasteiger partial charge in [-0.05, 0) is 45.0 Å². The van der Waals surface area contributed by atoms with E-state index in [1.807, 2.05) is 11.6 Å². The largest absolute Gasteiger partial charge is 0.318 e. The molecule has 27 heavy (non-hydrogen) atoms. The minimum atomic E-state index is -0.390. The van der Waals surface area contributed by atoms with Crippen molar-refractivity contribution in [2.75, 3.05) is 18.4 Å². The van der Waals surface area contributed by atoms with E-state index in [1.165, 1.54) is 16.9 Å². The molecule has 3 aromatic rings. The lowest BCUT2D eigenvalue weighted by atomic mass is 10.1. The molecule has 1 fully saturated rings. The van der Waals surface area contributed by atoms with Crippen LogP contribution in [0.4, 0.5) is 10.1 Å². The zero-order valence-corrected chi connectivity index (χ0v) is 14.9. The molecule has 0 bridgehead atoms. The molecule has 0 saturated carbocycles. The fourth-order valence-corrected chi connectivity index (χ4v) is 3.30. The van der Waals surface area contributed by atoms with E-state index < -0.39 is 0 Å². The average molecular weight is 369 g/mol. The normalized spacial score (nSPS) is 15.0. The number of hydrogen-bond acceptors (Lipinski definition) is 5. The van der Waals surface area contributed by atoms with Crippen molar-refractivity contribution in [2.24, 2.45) is 0 Å². The summed E-state index contributed by atoms with van der Waals surface area (Å²) in [5.74, 6) is -0.750. The molecule has 2 aromatic heterocycles. The zero-order chi connectivity index (χ0) is 18.8. The number of amides is 1. The molecule has 8 nitrogen and oxygen atoms in total. The van der Waals surface area contributed by atoms with Crippen molar-refractivity contribution in [1.29, 1.82) is 0 Å². The Balaban J connectivity index is 1.50. The second-order valence-electron chi connectivity index (χ2n) is 6.53. The topological polar surface area (TPSA) is 89.7 Å². The van der Waals surface area contributed by atoms with Gasteiger partial charge in [0.15, 0.2) is 5.69 Å². The molecule has 3 heterocycles. The van der Waals surface area contributed by atoms with Crippen molar-refractivity contribution in [1.82, 2.24) is 30.1 Å². The van der Waals surface area contributed by atoms with Crippen LogP contribution in [0.2, 0.25) is 0 Å². The summed E-state index contributed by atoms with van der Waals surface area (Å²) in [6.45, 7) is 3.71. The Morgan fingerprint density at radius 3 is 2.85 bits per heavy atom. The number of nitrogens with zero attached hydrogens (tertiary/aromatic N) is 5. The van der Waals surface area contributed by atoms with Crippen LogP contribution in [-0.4, -0.2) is 43.8 Å². The van der Waals surface area contributed by atoms with Gasteiger partial charge in [-0.1, -0.05) is 17.3 Å². The molecule has 4 rings (SSSR count). The highest BCUT2D eigenvalue weighted by atomic mass is 19.1. The molecular formula is C18H20FN7O. The third-order valence-corrected chi connectivity index (χ3v) is 4.74. The maximum absolute atomic E-state index is 13.9. The van der Waals surface area contributed by atoms with E-state index in [0.29, 0.717) is 11.4 Å². The molecule has 0 radical (unpaired) electrons. The first kappa shape index (κ1) is 17.3. The summed E-state index contributed by atoms with van der Waals surface area (Å²) in [6, 6.07) is 6.56. The van der Waals surface area contributed by atoms with Gasteiger partial charge in [-0.3, -0.25) is 4.79 Å². The smallest absolute Gasteiger partial charge is 0.278 e. The number of rotatable bonds is 4. The van der Waals surface area contributed by atoms with Crippen molar-refractivity contribution < 1.29 is 9.18 Å². The Hall–Kier alpha value is -3.07. The quantitative estimate of drug-likeness (QED) is 0.735. The van der Waals surface area contributed by atoms with Gasteiger partial charge in [0.05, 0.1) is 29.8 Å². The molecule has 1 aliphatic rings. The molecule has 2 N–H and O–H groups in total. The molecule has 1 saturated heterocycles. The monoisotopic (exact) mass is 369 g/mol. The van der Waals surface area contributed by atoms with E-state index in [4.69, 9.17) is 0 Å². The van der Waals surface area contributed by atoms with Crippen molar-refractivity contribution >= 4 is 11.6 Å². The lowest BCUT2D eigenvalue weighted by Crippen LogP contribution is -2.30. The van der Waals surface area contributed by atoms with E-state index in [-0.39, 0.29) is 23.5 Å². The van der Waals surface area contributed by atoms with E-state index in [2.05, 4.69) is 26.0 Å². The van der Waals surface area contributed by atoms with Crippen LogP contribution in [0.5, 0.6) is 0 Å². The Kier molecular flexibility index (Phi) is 4.68. The summed E-state index contributed by atoms with van der Waals surface area (Å²) in [5.41, 5.74) is 1.79. The van der Waals surface area contributed by atoms with Gasteiger partial charge in [-0.25, -0.2) is 13.8 Å². The first-order chi connectivity index (χ1) is 13.1. The second kappa shape index (κ2) is 7.28. The van der Waals surface area contributed by atoms with Crippen molar-refractivity contribution in [3.63, 3.8) is 0 Å². The lowest BCUT2D eigenvalue weighted by molar-refractivity contribution is 0.102. The summed E-state index contributed by atoms with van der Waals surface area (Å²) < 4.78 is 17.1. The Morgan fingerprint density at radius 1 is 1.30 bits per heavy atom. The number of nitrogens with one attached hydrogen (secondary N) is 2. The van der Waals surface area contributed by atoms with Crippen LogP contribution in [0.3, 0.4) is 0 Å². The molecule has 0 atom stereocenters. The predicted octanol–water partition coefficient (Wildman–Crippen LogP) is 2.09. The van der Waals surface area contributed by atoms with Crippen molar-refractivity contribution in [3.05, 3.63) is 53.9 Å². The molecule has 140 valence electrons. The minimum Gasteiger partial charge on any atom is -0.318 e. The molecule has 0 unspecified atom stereocenters. The summed E-state index contributed by atoms with van der Waals surface area (Å²) in [6.07, 6.45) is 4.95. The average Bonchev–Trinajstić information content (AvgIpc) is 3.29. The van der Waals surface area contributed by atoms with Crippen LogP contribution in [0.25, 0.3) is 5.69 Å². The van der Waals surface area contributed by atoms with Gasteiger partial charge in [-0.2, -0.15) is 5.10 Å². The predicted molar refractivity (Wildman–Crippen MR) is 97.4 cm³/mol. The van der Waals surface area contributed by atoms with E-state index >= 15 is 0 Å². The lowest BCUT2D eigenvalue weighted by Gasteiger charge is -2.23. The third kappa shape index (κ3) is 3.45. The maximum atomic E-state index is 13.9. The second-order valence-corrected chi connectivity index (χ2v) is 6.53. The van der Waals surface area contributed by atoms with Crippen LogP contribution in [0, 0.1) is 12.7 Å². The molecule has 1 aromatic carbocycles. The highest BCUT2D eigenvalue weighted by molar-refractivity contribution is 6.03. The van der Waals surface area contributed by atoms with Gasteiger partial charge < -0.3 is 10.6 Å². The fourth-order valence-electron chi connectivity index (χ4n) is 3.30. The highest BCUT2D eigenvalue weighted by Crippen LogP contribution is 2.21. The molecule has 1 amide bonds. The van der Waals surface area contributed by atoms with Crippen LogP contribution in [-0.2, 0) is 0 Å². The Bertz CT molecular complexity index is 958. The summed E-state index contributed by atoms with van der Waals surface area (Å²) in [5, 5.41) is 18.4. The van der Waals surface area contributed by atoms with Gasteiger partial charge in [-0.15, -0.1) is 5.10 Å². The summed E-state index contributed by atoms with van der Waals surface area (Å²) in [4.78, 5) is 12.6. The number of para-hydroxylation sites is 1. The van der Waals surface area contributed by atoms with Crippen molar-refractivity contribution in [3.8, 4) is 5.69 Å². The van der Waals surface area contributed by atoms with Crippen LogP contribution in [0.15, 0.2) is 36.7 Å².